The molecule has 0 bridgehead atoms. The molecule has 1 aliphatic rings. The third-order valence-corrected chi connectivity index (χ3v) is 7.86. The summed E-state index contributed by atoms with van der Waals surface area (Å²) in [6.45, 7) is 6.56. The van der Waals surface area contributed by atoms with E-state index in [0.717, 1.165) is 11.3 Å². The Morgan fingerprint density at radius 1 is 1.24 bits per heavy atom. The van der Waals surface area contributed by atoms with Gasteiger partial charge in [0.05, 0.1) is 35.4 Å². The number of ether oxygens (including phenoxy) is 3. The number of esters is 1. The van der Waals surface area contributed by atoms with Crippen LogP contribution in [0.3, 0.4) is 0 Å². The smallest absolute Gasteiger partial charge is 0.350 e. The van der Waals surface area contributed by atoms with Crippen molar-refractivity contribution in [2.24, 2.45) is 0 Å². The van der Waals surface area contributed by atoms with Gasteiger partial charge in [0.2, 0.25) is 0 Å². The van der Waals surface area contributed by atoms with E-state index in [0.29, 0.717) is 42.0 Å². The van der Waals surface area contributed by atoms with E-state index in [9.17, 15) is 14.4 Å². The van der Waals surface area contributed by atoms with Gasteiger partial charge in [-0.15, -0.1) is 0 Å². The molecule has 2 amide bonds. The fraction of sp³-hybridized carbons (Fsp3) is 0.565. The first-order valence-electron chi connectivity index (χ1n) is 11.7. The molecular formula is C23H31Cl2N5O6S. The average molecular weight is 577 g/mol. The lowest BCUT2D eigenvalue weighted by Crippen LogP contribution is -2.55. The topological polar surface area (TPSA) is 135 Å². The summed E-state index contributed by atoms with van der Waals surface area (Å²) in [6.07, 6.45) is 0.132. The van der Waals surface area contributed by atoms with Gasteiger partial charge in [0.1, 0.15) is 10.6 Å². The number of thiazole rings is 1. The molecule has 2 aromatic rings. The molecule has 1 saturated heterocycles. The molecule has 11 nitrogen and oxygen atoms in total. The first-order valence-corrected chi connectivity index (χ1v) is 13.3. The summed E-state index contributed by atoms with van der Waals surface area (Å²) in [7, 11) is 3.09. The molecule has 2 aromatic heterocycles. The first kappa shape index (κ1) is 29.2. The zero-order chi connectivity index (χ0) is 27.3. The number of aromatic nitrogens is 2. The third-order valence-electron chi connectivity index (χ3n) is 5.82. The molecule has 3 rings (SSSR count). The highest BCUT2D eigenvalue weighted by Gasteiger charge is 2.35. The number of carbonyl (C=O) groups excluding carboxylic acids is 3. The van der Waals surface area contributed by atoms with Gasteiger partial charge >= 0.3 is 5.97 Å². The number of halogens is 2. The van der Waals surface area contributed by atoms with Crippen LogP contribution in [0.15, 0.2) is 0 Å². The van der Waals surface area contributed by atoms with Crippen LogP contribution in [0.25, 0.3) is 0 Å². The molecule has 3 N–H and O–H groups in total. The number of amides is 2. The van der Waals surface area contributed by atoms with Gasteiger partial charge in [-0.05, 0) is 27.2 Å². The molecule has 3 atom stereocenters. The van der Waals surface area contributed by atoms with Crippen LogP contribution in [0, 0.1) is 6.92 Å². The largest absolute Gasteiger partial charge is 0.462 e. The molecule has 0 unspecified atom stereocenters. The molecular weight excluding hydrogens is 545 g/mol. The summed E-state index contributed by atoms with van der Waals surface area (Å²) in [5, 5.41) is 6.70. The van der Waals surface area contributed by atoms with Gasteiger partial charge in [0, 0.05) is 39.0 Å². The molecule has 0 spiro atoms. The molecule has 204 valence electrons. The maximum absolute atomic E-state index is 12.9. The van der Waals surface area contributed by atoms with Crippen molar-refractivity contribution < 1.29 is 28.6 Å². The maximum Gasteiger partial charge on any atom is 0.350 e. The fourth-order valence-electron chi connectivity index (χ4n) is 3.98. The van der Waals surface area contributed by atoms with Gasteiger partial charge in [0.15, 0.2) is 10.8 Å². The Labute approximate surface area is 229 Å². The predicted octanol–water partition coefficient (Wildman–Crippen LogP) is 3.05. The lowest BCUT2D eigenvalue weighted by atomic mass is 10.0. The summed E-state index contributed by atoms with van der Waals surface area (Å²) in [6, 6.07) is -0.587. The zero-order valence-corrected chi connectivity index (χ0v) is 23.6. The lowest BCUT2D eigenvalue weighted by Gasteiger charge is -2.37. The Morgan fingerprint density at radius 2 is 1.97 bits per heavy atom. The van der Waals surface area contributed by atoms with Gasteiger partial charge < -0.3 is 34.7 Å². The highest BCUT2D eigenvalue weighted by atomic mass is 35.5. The van der Waals surface area contributed by atoms with Gasteiger partial charge in [-0.3, -0.25) is 9.59 Å². The number of rotatable bonds is 10. The second-order valence-electron chi connectivity index (χ2n) is 8.57. The van der Waals surface area contributed by atoms with Gasteiger partial charge in [-0.2, -0.15) is 0 Å². The van der Waals surface area contributed by atoms with Crippen molar-refractivity contribution in [3.63, 3.8) is 0 Å². The monoisotopic (exact) mass is 575 g/mol. The van der Waals surface area contributed by atoms with Crippen LogP contribution < -0.4 is 15.5 Å². The molecule has 0 aliphatic carbocycles. The number of H-pyrrole nitrogens is 1. The molecule has 3 heterocycles. The minimum Gasteiger partial charge on any atom is -0.462 e. The Morgan fingerprint density at radius 3 is 2.57 bits per heavy atom. The standard InChI is InChI=1S/C23H31Cl2N5O6S/c1-6-36-22(33)19-18(21(32)26-11(2)10-34-4)29-23(37-19)30-8-7-13(14(9-30)35-5)28-20(31)17-16(25)15(24)12(3)27-17/h11,13-14,27H,6-10H2,1-5H3,(H,26,32)(H,28,31)/t11-,13-,14+/m1/s1. The summed E-state index contributed by atoms with van der Waals surface area (Å²) < 4.78 is 15.9. The first-order chi connectivity index (χ1) is 17.6. The summed E-state index contributed by atoms with van der Waals surface area (Å²) >= 11 is 13.4. The van der Waals surface area contributed by atoms with Gasteiger partial charge in [-0.1, -0.05) is 34.5 Å². The van der Waals surface area contributed by atoms with Crippen molar-refractivity contribution in [2.75, 3.05) is 45.4 Å². The van der Waals surface area contributed by atoms with Crippen LogP contribution >= 0.6 is 34.5 Å². The number of piperidine rings is 1. The van der Waals surface area contributed by atoms with Crippen LogP contribution in [0.5, 0.6) is 0 Å². The number of nitrogens with zero attached hydrogens (tertiary/aromatic N) is 2. The number of aromatic amines is 1. The summed E-state index contributed by atoms with van der Waals surface area (Å²) in [5.74, 6) is -1.49. The van der Waals surface area contributed by atoms with Crippen LogP contribution in [0.1, 0.15) is 56.6 Å². The number of carbonyl (C=O) groups is 3. The number of aryl methyl sites for hydroxylation is 1. The minimum atomic E-state index is -0.613. The zero-order valence-electron chi connectivity index (χ0n) is 21.3. The summed E-state index contributed by atoms with van der Waals surface area (Å²) in [5.41, 5.74) is 0.797. The SMILES string of the molecule is CCOC(=O)c1sc(N2CC[C@@H](NC(=O)c3[nH]c(C)c(Cl)c3Cl)[C@@H](OC)C2)nc1C(=O)N[C@H](C)COC. The number of anilines is 1. The second-order valence-corrected chi connectivity index (χ2v) is 10.3. The Hall–Kier alpha value is -2.38. The lowest BCUT2D eigenvalue weighted by molar-refractivity contribution is 0.0527. The number of nitrogens with one attached hydrogen (secondary N) is 3. The predicted molar refractivity (Wildman–Crippen MR) is 141 cm³/mol. The van der Waals surface area contributed by atoms with Crippen molar-refractivity contribution in [1.29, 1.82) is 0 Å². The number of hydrogen-bond donors (Lipinski definition) is 3. The molecule has 0 aromatic carbocycles. The van der Waals surface area contributed by atoms with Crippen LogP contribution in [0.2, 0.25) is 10.0 Å². The highest BCUT2D eigenvalue weighted by molar-refractivity contribution is 7.17. The van der Waals surface area contributed by atoms with E-state index in [2.05, 4.69) is 20.6 Å². The van der Waals surface area contributed by atoms with Crippen LogP contribution in [-0.2, 0) is 14.2 Å². The average Bonchev–Trinajstić information content (AvgIpc) is 3.42. The molecule has 0 saturated carbocycles. The number of methoxy groups -OCH3 is 2. The van der Waals surface area contributed by atoms with E-state index in [1.54, 1.807) is 27.9 Å². The molecule has 1 aliphatic heterocycles. The van der Waals surface area contributed by atoms with Gasteiger partial charge in [0.25, 0.3) is 11.8 Å². The van der Waals surface area contributed by atoms with Crippen LogP contribution in [0.4, 0.5) is 5.13 Å². The number of hydrogen-bond acceptors (Lipinski definition) is 9. The van der Waals surface area contributed by atoms with E-state index in [-0.39, 0.29) is 45.9 Å². The Bertz CT molecular complexity index is 1140. The Balaban J connectivity index is 1.77. The van der Waals surface area contributed by atoms with E-state index >= 15 is 0 Å². The third kappa shape index (κ3) is 6.74. The Kier molecular flexibility index (Phi) is 10.2. The van der Waals surface area contributed by atoms with Gasteiger partial charge in [-0.25, -0.2) is 9.78 Å². The normalized spacial score (nSPS) is 18.4. The molecule has 37 heavy (non-hydrogen) atoms. The minimum absolute atomic E-state index is 0.000526. The van der Waals surface area contributed by atoms with E-state index in [1.165, 1.54) is 7.11 Å². The van der Waals surface area contributed by atoms with E-state index in [1.807, 2.05) is 4.90 Å². The van der Waals surface area contributed by atoms with E-state index in [4.69, 9.17) is 37.4 Å². The maximum atomic E-state index is 12.9. The molecule has 0 radical (unpaired) electrons. The van der Waals surface area contributed by atoms with E-state index < -0.39 is 18.0 Å². The van der Waals surface area contributed by atoms with Crippen molar-refractivity contribution in [1.82, 2.24) is 20.6 Å². The van der Waals surface area contributed by atoms with Crippen molar-refractivity contribution in [3.05, 3.63) is 32.0 Å². The van der Waals surface area contributed by atoms with Crippen molar-refractivity contribution in [2.45, 2.75) is 45.4 Å². The van der Waals surface area contributed by atoms with Crippen molar-refractivity contribution in [3.8, 4) is 0 Å². The second kappa shape index (κ2) is 12.9. The highest BCUT2D eigenvalue weighted by Crippen LogP contribution is 2.31. The van der Waals surface area contributed by atoms with Crippen molar-refractivity contribution >= 4 is 57.5 Å². The fourth-order valence-corrected chi connectivity index (χ4v) is 5.39. The van der Waals surface area contributed by atoms with Crippen LogP contribution in [-0.4, -0.2) is 86.5 Å². The summed E-state index contributed by atoms with van der Waals surface area (Å²) in [4.78, 5) is 47.8. The molecule has 14 heteroatoms. The quantitative estimate of drug-likeness (QED) is 0.368. The molecule has 1 fully saturated rings.